The minimum absolute atomic E-state index is 0.0111. The number of rotatable bonds is 4. The van der Waals surface area contributed by atoms with Crippen LogP contribution in [0.5, 0.6) is 0 Å². The summed E-state index contributed by atoms with van der Waals surface area (Å²) in [7, 11) is 1.82. The third-order valence-corrected chi connectivity index (χ3v) is 4.23. The first kappa shape index (κ1) is 13.5. The van der Waals surface area contributed by atoms with E-state index < -0.39 is 6.04 Å². The molecule has 1 aliphatic rings. The number of thiophene rings is 1. The van der Waals surface area contributed by atoms with Gasteiger partial charge in [-0.3, -0.25) is 4.79 Å². The summed E-state index contributed by atoms with van der Waals surface area (Å²) in [6, 6.07) is 3.30. The zero-order chi connectivity index (χ0) is 13.0. The molecule has 1 aromatic rings. The molecule has 2 atom stereocenters. The van der Waals surface area contributed by atoms with Crippen LogP contribution >= 0.6 is 11.3 Å². The highest BCUT2D eigenvalue weighted by atomic mass is 32.1. The number of hydrogen-bond acceptors (Lipinski definition) is 4. The average molecular weight is 268 g/mol. The number of amides is 1. The number of carbonyl (C=O) groups excluding carboxylic acids is 1. The number of hydrogen-bond donors (Lipinski definition) is 1. The molecule has 0 radical (unpaired) electrons. The maximum atomic E-state index is 12.2. The van der Waals surface area contributed by atoms with Gasteiger partial charge in [0, 0.05) is 25.1 Å². The van der Waals surface area contributed by atoms with Crippen LogP contribution in [0.1, 0.15) is 23.8 Å². The smallest absolute Gasteiger partial charge is 0.244 e. The summed E-state index contributed by atoms with van der Waals surface area (Å²) in [6.45, 7) is 2.34. The molecule has 0 bridgehead atoms. The Kier molecular flexibility index (Phi) is 4.74. The molecule has 1 aromatic heterocycles. The Balaban J connectivity index is 1.87. The van der Waals surface area contributed by atoms with E-state index in [1.54, 1.807) is 4.90 Å². The van der Waals surface area contributed by atoms with Crippen molar-refractivity contribution in [2.45, 2.75) is 18.9 Å². The molecule has 5 heteroatoms. The van der Waals surface area contributed by atoms with Gasteiger partial charge in [0.25, 0.3) is 0 Å². The Hall–Kier alpha value is -0.910. The van der Waals surface area contributed by atoms with E-state index in [1.807, 2.05) is 24.6 Å². The molecular formula is C13H20N2O2S. The Labute approximate surface area is 112 Å². The van der Waals surface area contributed by atoms with Crippen LogP contribution < -0.4 is 5.73 Å². The minimum atomic E-state index is -0.528. The molecule has 2 N–H and O–H groups in total. The van der Waals surface area contributed by atoms with Crippen LogP contribution in [0.25, 0.3) is 0 Å². The number of nitrogens with two attached hydrogens (primary N) is 1. The molecule has 1 amide bonds. The fraction of sp³-hybridized carbons (Fsp3) is 0.615. The predicted molar refractivity (Wildman–Crippen MR) is 72.4 cm³/mol. The molecule has 4 nitrogen and oxygen atoms in total. The van der Waals surface area contributed by atoms with Gasteiger partial charge in [-0.05, 0) is 30.2 Å². The van der Waals surface area contributed by atoms with Crippen molar-refractivity contribution in [3.05, 3.63) is 22.4 Å². The van der Waals surface area contributed by atoms with E-state index >= 15 is 0 Å². The molecule has 2 rings (SSSR count). The molecule has 100 valence electrons. The van der Waals surface area contributed by atoms with Crippen LogP contribution in [-0.2, 0) is 9.53 Å². The van der Waals surface area contributed by atoms with Gasteiger partial charge in [0.15, 0.2) is 0 Å². The van der Waals surface area contributed by atoms with Gasteiger partial charge in [0.2, 0.25) is 5.91 Å². The maximum absolute atomic E-state index is 12.2. The monoisotopic (exact) mass is 268 g/mol. The lowest BCUT2D eigenvalue weighted by Gasteiger charge is -2.28. The Bertz CT molecular complexity index is 374. The van der Waals surface area contributed by atoms with Crippen molar-refractivity contribution in [2.75, 3.05) is 26.8 Å². The van der Waals surface area contributed by atoms with Crippen LogP contribution in [0.3, 0.4) is 0 Å². The zero-order valence-electron chi connectivity index (χ0n) is 10.7. The fourth-order valence-corrected chi connectivity index (χ4v) is 2.97. The highest BCUT2D eigenvalue weighted by Crippen LogP contribution is 2.20. The van der Waals surface area contributed by atoms with Gasteiger partial charge in [0.05, 0.1) is 6.61 Å². The molecule has 0 spiro atoms. The van der Waals surface area contributed by atoms with Crippen molar-refractivity contribution < 1.29 is 9.53 Å². The highest BCUT2D eigenvalue weighted by molar-refractivity contribution is 7.10. The summed E-state index contributed by atoms with van der Waals surface area (Å²) < 4.78 is 5.43. The van der Waals surface area contributed by atoms with E-state index in [1.165, 1.54) is 11.3 Å². The van der Waals surface area contributed by atoms with Crippen LogP contribution in [0.4, 0.5) is 0 Å². The summed E-state index contributed by atoms with van der Waals surface area (Å²) in [4.78, 5) is 14.8. The quantitative estimate of drug-likeness (QED) is 0.903. The van der Waals surface area contributed by atoms with Crippen LogP contribution in [0.2, 0.25) is 0 Å². The molecule has 2 unspecified atom stereocenters. The van der Waals surface area contributed by atoms with Gasteiger partial charge >= 0.3 is 0 Å². The first-order chi connectivity index (χ1) is 8.68. The number of nitrogens with zero attached hydrogens (tertiary/aromatic N) is 1. The average Bonchev–Trinajstić information content (AvgIpc) is 2.92. The minimum Gasteiger partial charge on any atom is -0.381 e. The van der Waals surface area contributed by atoms with E-state index in [4.69, 9.17) is 10.5 Å². The molecule has 0 aliphatic carbocycles. The van der Waals surface area contributed by atoms with Crippen molar-refractivity contribution in [2.24, 2.45) is 11.7 Å². The summed E-state index contributed by atoms with van der Waals surface area (Å²) in [6.07, 6.45) is 2.22. The highest BCUT2D eigenvalue weighted by Gasteiger charge is 2.23. The molecule has 1 fully saturated rings. The standard InChI is InChI=1S/C13H20N2O2S/c1-15(8-10-4-2-6-17-9-10)13(16)12(14)11-5-3-7-18-11/h3,5,7,10,12H,2,4,6,8-9,14H2,1H3. The number of ether oxygens (including phenoxy) is 1. The summed E-state index contributed by atoms with van der Waals surface area (Å²) in [5, 5.41) is 1.94. The van der Waals surface area contributed by atoms with Gasteiger partial charge in [0.1, 0.15) is 6.04 Å². The van der Waals surface area contributed by atoms with Crippen molar-refractivity contribution in [3.8, 4) is 0 Å². The van der Waals surface area contributed by atoms with Gasteiger partial charge in [-0.2, -0.15) is 0 Å². The van der Waals surface area contributed by atoms with E-state index in [-0.39, 0.29) is 5.91 Å². The SMILES string of the molecule is CN(CC1CCCOC1)C(=O)C(N)c1cccs1. The van der Waals surface area contributed by atoms with Crippen molar-refractivity contribution in [1.82, 2.24) is 4.90 Å². The second-order valence-electron chi connectivity index (χ2n) is 4.80. The normalized spacial score (nSPS) is 21.6. The van der Waals surface area contributed by atoms with Crippen molar-refractivity contribution in [1.29, 1.82) is 0 Å². The molecule has 1 aliphatic heterocycles. The zero-order valence-corrected chi connectivity index (χ0v) is 11.5. The van der Waals surface area contributed by atoms with Gasteiger partial charge in [-0.1, -0.05) is 6.07 Å². The number of likely N-dealkylation sites (N-methyl/N-ethyl adjacent to an activating group) is 1. The van der Waals surface area contributed by atoms with E-state index in [2.05, 4.69) is 0 Å². The Morgan fingerprint density at radius 2 is 2.56 bits per heavy atom. The Morgan fingerprint density at radius 1 is 1.72 bits per heavy atom. The summed E-state index contributed by atoms with van der Waals surface area (Å²) in [5.41, 5.74) is 5.98. The van der Waals surface area contributed by atoms with E-state index in [0.29, 0.717) is 5.92 Å². The van der Waals surface area contributed by atoms with Gasteiger partial charge in [-0.25, -0.2) is 0 Å². The molecule has 2 heterocycles. The predicted octanol–water partition coefficient (Wildman–Crippen LogP) is 1.63. The fourth-order valence-electron chi connectivity index (χ4n) is 2.26. The van der Waals surface area contributed by atoms with Crippen molar-refractivity contribution in [3.63, 3.8) is 0 Å². The lowest BCUT2D eigenvalue weighted by molar-refractivity contribution is -0.132. The van der Waals surface area contributed by atoms with Crippen LogP contribution in [-0.4, -0.2) is 37.6 Å². The second kappa shape index (κ2) is 6.31. The van der Waals surface area contributed by atoms with Crippen molar-refractivity contribution >= 4 is 17.2 Å². The maximum Gasteiger partial charge on any atom is 0.244 e. The Morgan fingerprint density at radius 3 is 3.17 bits per heavy atom. The topological polar surface area (TPSA) is 55.6 Å². The first-order valence-electron chi connectivity index (χ1n) is 6.30. The number of carbonyl (C=O) groups is 1. The summed E-state index contributed by atoms with van der Waals surface area (Å²) in [5.74, 6) is 0.436. The molecule has 1 saturated heterocycles. The van der Waals surface area contributed by atoms with E-state index in [9.17, 15) is 4.79 Å². The van der Waals surface area contributed by atoms with Crippen LogP contribution in [0.15, 0.2) is 17.5 Å². The second-order valence-corrected chi connectivity index (χ2v) is 5.77. The van der Waals surface area contributed by atoms with E-state index in [0.717, 1.165) is 37.5 Å². The molecular weight excluding hydrogens is 248 g/mol. The molecule has 18 heavy (non-hydrogen) atoms. The first-order valence-corrected chi connectivity index (χ1v) is 7.18. The van der Waals surface area contributed by atoms with Gasteiger partial charge in [-0.15, -0.1) is 11.3 Å². The third-order valence-electron chi connectivity index (χ3n) is 3.28. The van der Waals surface area contributed by atoms with Gasteiger partial charge < -0.3 is 15.4 Å². The lowest BCUT2D eigenvalue weighted by Crippen LogP contribution is -2.40. The lowest BCUT2D eigenvalue weighted by atomic mass is 10.0. The summed E-state index contributed by atoms with van der Waals surface area (Å²) >= 11 is 1.53. The third kappa shape index (κ3) is 3.31. The molecule has 0 aromatic carbocycles. The largest absolute Gasteiger partial charge is 0.381 e. The molecule has 0 saturated carbocycles. The van der Waals surface area contributed by atoms with Crippen LogP contribution in [0, 0.1) is 5.92 Å².